The van der Waals surface area contributed by atoms with Crippen molar-refractivity contribution in [1.29, 1.82) is 0 Å². The Hall–Kier alpha value is -2.30. The highest BCUT2D eigenvalue weighted by molar-refractivity contribution is 5.94. The number of hydrogen-bond donors (Lipinski definition) is 1. The summed E-state index contributed by atoms with van der Waals surface area (Å²) in [5.74, 6) is -0.346. The van der Waals surface area contributed by atoms with E-state index < -0.39 is 11.7 Å². The molecule has 5 heteroatoms. The summed E-state index contributed by atoms with van der Waals surface area (Å²) in [4.78, 5) is 12.1. The molecule has 1 aliphatic carbocycles. The highest BCUT2D eigenvalue weighted by Gasteiger charge is 2.44. The van der Waals surface area contributed by atoms with Crippen molar-refractivity contribution < 1.29 is 18.0 Å². The van der Waals surface area contributed by atoms with Crippen LogP contribution in [0.4, 0.5) is 13.2 Å². The molecule has 1 aliphatic rings. The second-order valence-corrected chi connectivity index (χ2v) is 5.90. The van der Waals surface area contributed by atoms with E-state index in [2.05, 4.69) is 5.32 Å². The monoisotopic (exact) mass is 319 g/mol. The molecule has 2 nitrogen and oxygen atoms in total. The zero-order chi connectivity index (χ0) is 16.5. The van der Waals surface area contributed by atoms with Crippen LogP contribution in [0.1, 0.15) is 34.3 Å². The maximum Gasteiger partial charge on any atom is 0.416 e. The third-order valence-corrected chi connectivity index (χ3v) is 4.30. The lowest BCUT2D eigenvalue weighted by atomic mass is 9.96. The van der Waals surface area contributed by atoms with Crippen molar-refractivity contribution >= 4 is 5.91 Å². The predicted molar refractivity (Wildman–Crippen MR) is 81.1 cm³/mol. The molecule has 0 unspecified atom stereocenters. The van der Waals surface area contributed by atoms with Gasteiger partial charge in [0.15, 0.2) is 0 Å². The van der Waals surface area contributed by atoms with Crippen LogP contribution in [0.2, 0.25) is 0 Å². The van der Waals surface area contributed by atoms with Gasteiger partial charge < -0.3 is 5.32 Å². The standard InChI is InChI=1S/C18H16F3NO/c19-18(20,21)15-8-6-13(7-9-15)16(23)22-12-17(10-11-17)14-4-2-1-3-5-14/h1-9H,10-12H2,(H,22,23). The van der Waals surface area contributed by atoms with Gasteiger partial charge in [0.2, 0.25) is 0 Å². The maximum absolute atomic E-state index is 12.5. The molecular formula is C18H16F3NO. The van der Waals surface area contributed by atoms with Gasteiger partial charge in [-0.3, -0.25) is 4.79 Å². The van der Waals surface area contributed by atoms with Gasteiger partial charge in [-0.25, -0.2) is 0 Å². The molecular weight excluding hydrogens is 303 g/mol. The molecule has 23 heavy (non-hydrogen) atoms. The Morgan fingerprint density at radius 3 is 2.13 bits per heavy atom. The van der Waals surface area contributed by atoms with E-state index in [1.54, 1.807) is 0 Å². The van der Waals surface area contributed by atoms with Crippen LogP contribution in [0.15, 0.2) is 54.6 Å². The Morgan fingerprint density at radius 2 is 1.61 bits per heavy atom. The van der Waals surface area contributed by atoms with Crippen LogP contribution < -0.4 is 5.32 Å². The number of hydrogen-bond acceptors (Lipinski definition) is 1. The smallest absolute Gasteiger partial charge is 0.351 e. The zero-order valence-electron chi connectivity index (χ0n) is 12.4. The van der Waals surface area contributed by atoms with Crippen molar-refractivity contribution in [3.63, 3.8) is 0 Å². The van der Waals surface area contributed by atoms with Crippen molar-refractivity contribution in [2.24, 2.45) is 0 Å². The van der Waals surface area contributed by atoms with E-state index in [1.165, 1.54) is 17.7 Å². The molecule has 2 aromatic rings. The first-order chi connectivity index (χ1) is 10.9. The summed E-state index contributed by atoms with van der Waals surface area (Å²) in [5, 5.41) is 2.84. The lowest BCUT2D eigenvalue weighted by molar-refractivity contribution is -0.137. The fourth-order valence-corrected chi connectivity index (χ4v) is 2.67. The second kappa shape index (κ2) is 5.72. The van der Waals surface area contributed by atoms with Crippen LogP contribution in [-0.4, -0.2) is 12.5 Å². The molecule has 0 spiro atoms. The summed E-state index contributed by atoms with van der Waals surface area (Å²) >= 11 is 0. The average Bonchev–Trinajstić information content (AvgIpc) is 3.34. The third-order valence-electron chi connectivity index (χ3n) is 4.30. The molecule has 2 aromatic carbocycles. The Kier molecular flexibility index (Phi) is 3.88. The first kappa shape index (κ1) is 15.6. The fourth-order valence-electron chi connectivity index (χ4n) is 2.67. The van der Waals surface area contributed by atoms with Crippen LogP contribution in [0.5, 0.6) is 0 Å². The largest absolute Gasteiger partial charge is 0.416 e. The number of alkyl halides is 3. The first-order valence-corrected chi connectivity index (χ1v) is 7.42. The SMILES string of the molecule is O=C(NCC1(c2ccccc2)CC1)c1ccc(C(F)(F)F)cc1. The van der Waals surface area contributed by atoms with Crippen molar-refractivity contribution in [3.05, 3.63) is 71.3 Å². The zero-order valence-corrected chi connectivity index (χ0v) is 12.4. The number of halogens is 3. The van der Waals surface area contributed by atoms with Gasteiger partial charge in [0.25, 0.3) is 5.91 Å². The van der Waals surface area contributed by atoms with Crippen molar-refractivity contribution in [1.82, 2.24) is 5.32 Å². The van der Waals surface area contributed by atoms with E-state index >= 15 is 0 Å². The molecule has 1 fully saturated rings. The van der Waals surface area contributed by atoms with Gasteiger partial charge in [0.05, 0.1) is 5.56 Å². The lowest BCUT2D eigenvalue weighted by Gasteiger charge is -2.16. The molecule has 0 radical (unpaired) electrons. The lowest BCUT2D eigenvalue weighted by Crippen LogP contribution is -2.32. The van der Waals surface area contributed by atoms with Crippen molar-refractivity contribution in [3.8, 4) is 0 Å². The van der Waals surface area contributed by atoms with E-state index in [9.17, 15) is 18.0 Å². The quantitative estimate of drug-likeness (QED) is 0.900. The summed E-state index contributed by atoms with van der Waals surface area (Å²) < 4.78 is 37.6. The summed E-state index contributed by atoms with van der Waals surface area (Å²) in [7, 11) is 0. The Balaban J connectivity index is 1.64. The average molecular weight is 319 g/mol. The molecule has 3 rings (SSSR count). The van der Waals surface area contributed by atoms with Gasteiger partial charge in [-0.1, -0.05) is 30.3 Å². The molecule has 0 atom stereocenters. The molecule has 120 valence electrons. The molecule has 0 saturated heterocycles. The van der Waals surface area contributed by atoms with Gasteiger partial charge in [-0.15, -0.1) is 0 Å². The number of carbonyl (C=O) groups excluding carboxylic acids is 1. The summed E-state index contributed by atoms with van der Waals surface area (Å²) in [6.07, 6.45) is -2.38. The minimum Gasteiger partial charge on any atom is -0.351 e. The Labute approximate surface area is 132 Å². The van der Waals surface area contributed by atoms with Gasteiger partial charge in [-0.2, -0.15) is 13.2 Å². The van der Waals surface area contributed by atoms with Crippen molar-refractivity contribution in [2.45, 2.75) is 24.4 Å². The molecule has 1 amide bonds. The van der Waals surface area contributed by atoms with Gasteiger partial charge >= 0.3 is 6.18 Å². The van der Waals surface area contributed by atoms with Gasteiger partial charge in [-0.05, 0) is 42.7 Å². The highest BCUT2D eigenvalue weighted by atomic mass is 19.4. The number of amides is 1. The molecule has 0 bridgehead atoms. The predicted octanol–water partition coefficient (Wildman–Crippen LogP) is 4.17. The molecule has 1 N–H and O–H groups in total. The number of rotatable bonds is 4. The summed E-state index contributed by atoms with van der Waals surface area (Å²) in [6.45, 7) is 0.497. The van der Waals surface area contributed by atoms with Crippen LogP contribution in [0.3, 0.4) is 0 Å². The van der Waals surface area contributed by atoms with Crippen molar-refractivity contribution in [2.75, 3.05) is 6.54 Å². The van der Waals surface area contributed by atoms with E-state index in [0.717, 1.165) is 25.0 Å². The van der Waals surface area contributed by atoms with Crippen LogP contribution >= 0.6 is 0 Å². The maximum atomic E-state index is 12.5. The van der Waals surface area contributed by atoms with Crippen LogP contribution in [0.25, 0.3) is 0 Å². The summed E-state index contributed by atoms with van der Waals surface area (Å²) in [5.41, 5.74) is 0.648. The number of carbonyl (C=O) groups is 1. The molecule has 0 heterocycles. The number of benzene rings is 2. The molecule has 0 aliphatic heterocycles. The van der Waals surface area contributed by atoms with E-state index in [0.29, 0.717) is 6.54 Å². The number of nitrogens with one attached hydrogen (secondary N) is 1. The Bertz CT molecular complexity index is 688. The van der Waals surface area contributed by atoms with Gasteiger partial charge in [0, 0.05) is 17.5 Å². The van der Waals surface area contributed by atoms with E-state index in [-0.39, 0.29) is 16.9 Å². The van der Waals surface area contributed by atoms with E-state index in [4.69, 9.17) is 0 Å². The first-order valence-electron chi connectivity index (χ1n) is 7.42. The third kappa shape index (κ3) is 3.38. The normalized spacial score (nSPS) is 16.0. The molecule has 1 saturated carbocycles. The Morgan fingerprint density at radius 1 is 1.00 bits per heavy atom. The minimum atomic E-state index is -4.39. The van der Waals surface area contributed by atoms with Crippen LogP contribution in [0, 0.1) is 0 Å². The topological polar surface area (TPSA) is 29.1 Å². The fraction of sp³-hybridized carbons (Fsp3) is 0.278. The van der Waals surface area contributed by atoms with E-state index in [1.807, 2.05) is 30.3 Å². The van der Waals surface area contributed by atoms with Crippen LogP contribution in [-0.2, 0) is 11.6 Å². The molecule has 0 aromatic heterocycles. The van der Waals surface area contributed by atoms with Gasteiger partial charge in [0.1, 0.15) is 0 Å². The minimum absolute atomic E-state index is 0.0250. The highest BCUT2D eigenvalue weighted by Crippen LogP contribution is 2.47. The second-order valence-electron chi connectivity index (χ2n) is 5.90. The summed E-state index contributed by atoms with van der Waals surface area (Å²) in [6, 6.07) is 14.2.